The van der Waals surface area contributed by atoms with Crippen LogP contribution in [0.3, 0.4) is 0 Å². The second-order valence-corrected chi connectivity index (χ2v) is 7.77. The minimum atomic E-state index is -3.07. The first-order valence-corrected chi connectivity index (χ1v) is 9.28. The van der Waals surface area contributed by atoms with Gasteiger partial charge in [-0.1, -0.05) is 20.3 Å². The van der Waals surface area contributed by atoms with Crippen molar-refractivity contribution in [1.29, 1.82) is 0 Å². The molecule has 0 spiro atoms. The van der Waals surface area contributed by atoms with Crippen LogP contribution in [0.25, 0.3) is 0 Å². The van der Waals surface area contributed by atoms with Crippen molar-refractivity contribution >= 4 is 10.0 Å². The van der Waals surface area contributed by atoms with Gasteiger partial charge in [0.05, 0.1) is 5.75 Å². The molecule has 1 rings (SSSR count). The van der Waals surface area contributed by atoms with Crippen molar-refractivity contribution in [1.82, 2.24) is 9.62 Å². The number of hydrogen-bond acceptors (Lipinski definition) is 3. The topological polar surface area (TPSA) is 49.4 Å². The van der Waals surface area contributed by atoms with E-state index in [2.05, 4.69) is 12.2 Å². The minimum Gasteiger partial charge on any atom is -0.317 e. The van der Waals surface area contributed by atoms with E-state index in [9.17, 15) is 8.42 Å². The Kier molecular flexibility index (Phi) is 7.32. The Labute approximate surface area is 119 Å². The zero-order chi connectivity index (χ0) is 14.3. The van der Waals surface area contributed by atoms with E-state index in [-0.39, 0.29) is 11.8 Å². The molecule has 1 saturated carbocycles. The fourth-order valence-electron chi connectivity index (χ4n) is 2.84. The van der Waals surface area contributed by atoms with Crippen LogP contribution in [-0.2, 0) is 10.0 Å². The van der Waals surface area contributed by atoms with E-state index in [0.29, 0.717) is 6.42 Å². The predicted octanol–water partition coefficient (Wildman–Crippen LogP) is 2.22. The quantitative estimate of drug-likeness (QED) is 0.697. The van der Waals surface area contributed by atoms with E-state index in [0.717, 1.165) is 31.8 Å². The average Bonchev–Trinajstić information content (AvgIpc) is 2.43. The summed E-state index contributed by atoms with van der Waals surface area (Å²) in [5.74, 6) is 1.07. The number of hydrogen-bond donors (Lipinski definition) is 1. The molecule has 0 aromatic heterocycles. The third-order valence-corrected chi connectivity index (χ3v) is 6.33. The van der Waals surface area contributed by atoms with Gasteiger partial charge in [0.15, 0.2) is 0 Å². The van der Waals surface area contributed by atoms with Crippen molar-refractivity contribution in [2.75, 3.05) is 25.9 Å². The Morgan fingerprint density at radius 1 is 1.16 bits per heavy atom. The molecule has 0 aromatic rings. The highest BCUT2D eigenvalue weighted by atomic mass is 32.2. The normalized spacial score (nSPS) is 24.8. The molecular formula is C14H30N2O2S. The van der Waals surface area contributed by atoms with Crippen LogP contribution in [0.15, 0.2) is 0 Å². The molecule has 5 heteroatoms. The predicted molar refractivity (Wildman–Crippen MR) is 80.7 cm³/mol. The molecule has 4 nitrogen and oxygen atoms in total. The second kappa shape index (κ2) is 8.22. The first-order chi connectivity index (χ1) is 9.01. The van der Waals surface area contributed by atoms with Gasteiger partial charge in [-0.2, -0.15) is 0 Å². The maximum atomic E-state index is 12.2. The van der Waals surface area contributed by atoms with Gasteiger partial charge in [-0.05, 0) is 51.1 Å². The van der Waals surface area contributed by atoms with E-state index in [1.807, 2.05) is 6.92 Å². The molecule has 0 radical (unpaired) electrons. The third kappa shape index (κ3) is 5.40. The molecule has 0 aromatic carbocycles. The Bertz CT molecular complexity index is 335. The largest absolute Gasteiger partial charge is 0.317 e. The third-order valence-electron chi connectivity index (χ3n) is 4.35. The average molecular weight is 290 g/mol. The van der Waals surface area contributed by atoms with Gasteiger partial charge in [0, 0.05) is 13.1 Å². The molecule has 114 valence electrons. The first-order valence-electron chi connectivity index (χ1n) is 7.67. The Hall–Kier alpha value is -0.130. The van der Waals surface area contributed by atoms with Crippen LogP contribution >= 0.6 is 0 Å². The van der Waals surface area contributed by atoms with E-state index in [4.69, 9.17) is 0 Å². The van der Waals surface area contributed by atoms with Gasteiger partial charge >= 0.3 is 0 Å². The standard InChI is InChI=1S/C14H30N2O2S/c1-4-13-7-9-14(10-8-13)16(3)19(17,18)12-6-11-15-5-2/h13-15H,4-12H2,1-3H3. The second-order valence-electron chi connectivity index (χ2n) is 5.62. The lowest BCUT2D eigenvalue weighted by Gasteiger charge is -2.33. The zero-order valence-corrected chi connectivity index (χ0v) is 13.5. The number of nitrogens with zero attached hydrogens (tertiary/aromatic N) is 1. The first kappa shape index (κ1) is 16.9. The highest BCUT2D eigenvalue weighted by Crippen LogP contribution is 2.30. The monoisotopic (exact) mass is 290 g/mol. The maximum Gasteiger partial charge on any atom is 0.214 e. The summed E-state index contributed by atoms with van der Waals surface area (Å²) in [5, 5.41) is 3.17. The van der Waals surface area contributed by atoms with Crippen molar-refractivity contribution in [3.05, 3.63) is 0 Å². The van der Waals surface area contributed by atoms with Gasteiger partial charge in [0.2, 0.25) is 10.0 Å². The van der Waals surface area contributed by atoms with Gasteiger partial charge in [0.25, 0.3) is 0 Å². The van der Waals surface area contributed by atoms with Crippen molar-refractivity contribution in [2.45, 2.75) is 58.4 Å². The molecule has 0 heterocycles. The molecule has 1 fully saturated rings. The molecule has 0 aliphatic heterocycles. The number of sulfonamides is 1. The summed E-state index contributed by atoms with van der Waals surface area (Å²) in [7, 11) is -1.31. The smallest absolute Gasteiger partial charge is 0.214 e. The Morgan fingerprint density at radius 2 is 1.79 bits per heavy atom. The van der Waals surface area contributed by atoms with Crippen LogP contribution in [0.2, 0.25) is 0 Å². The van der Waals surface area contributed by atoms with E-state index < -0.39 is 10.0 Å². The highest BCUT2D eigenvalue weighted by molar-refractivity contribution is 7.89. The van der Waals surface area contributed by atoms with Crippen LogP contribution in [0.1, 0.15) is 52.4 Å². The van der Waals surface area contributed by atoms with Crippen molar-refractivity contribution in [3.8, 4) is 0 Å². The van der Waals surface area contributed by atoms with Crippen LogP contribution in [-0.4, -0.2) is 44.7 Å². The van der Waals surface area contributed by atoms with E-state index in [1.54, 1.807) is 11.4 Å². The lowest BCUT2D eigenvalue weighted by molar-refractivity contribution is 0.233. The molecule has 0 saturated heterocycles. The molecule has 1 aliphatic rings. The van der Waals surface area contributed by atoms with E-state index in [1.165, 1.54) is 19.3 Å². The molecule has 19 heavy (non-hydrogen) atoms. The molecule has 0 amide bonds. The fourth-order valence-corrected chi connectivity index (χ4v) is 4.31. The highest BCUT2D eigenvalue weighted by Gasteiger charge is 2.29. The number of rotatable bonds is 8. The van der Waals surface area contributed by atoms with Crippen molar-refractivity contribution in [3.63, 3.8) is 0 Å². The van der Waals surface area contributed by atoms with Crippen LogP contribution in [0.4, 0.5) is 0 Å². The minimum absolute atomic E-state index is 0.229. The van der Waals surface area contributed by atoms with Crippen molar-refractivity contribution in [2.24, 2.45) is 5.92 Å². The summed E-state index contributed by atoms with van der Waals surface area (Å²) in [5.41, 5.74) is 0. The molecule has 0 unspecified atom stereocenters. The molecular weight excluding hydrogens is 260 g/mol. The SMILES string of the molecule is CCNCCCS(=O)(=O)N(C)C1CCC(CC)CC1. The van der Waals surface area contributed by atoms with Gasteiger partial charge in [-0.3, -0.25) is 0 Å². The van der Waals surface area contributed by atoms with Gasteiger partial charge < -0.3 is 5.32 Å². The number of nitrogens with one attached hydrogen (secondary N) is 1. The van der Waals surface area contributed by atoms with Crippen LogP contribution in [0, 0.1) is 5.92 Å². The molecule has 1 aliphatic carbocycles. The Balaban J connectivity index is 2.40. The van der Waals surface area contributed by atoms with Gasteiger partial charge in [-0.15, -0.1) is 0 Å². The zero-order valence-electron chi connectivity index (χ0n) is 12.7. The lowest BCUT2D eigenvalue weighted by atomic mass is 9.85. The summed E-state index contributed by atoms with van der Waals surface area (Å²) in [6.07, 6.45) is 6.34. The summed E-state index contributed by atoms with van der Waals surface area (Å²) in [6.45, 7) is 5.95. The van der Waals surface area contributed by atoms with Gasteiger partial charge in [-0.25, -0.2) is 12.7 Å². The lowest BCUT2D eigenvalue weighted by Crippen LogP contribution is -2.41. The van der Waals surface area contributed by atoms with Crippen LogP contribution < -0.4 is 5.32 Å². The van der Waals surface area contributed by atoms with Gasteiger partial charge in [0.1, 0.15) is 0 Å². The van der Waals surface area contributed by atoms with Crippen molar-refractivity contribution < 1.29 is 8.42 Å². The summed E-state index contributed by atoms with van der Waals surface area (Å²) >= 11 is 0. The molecule has 1 N–H and O–H groups in total. The summed E-state index contributed by atoms with van der Waals surface area (Å²) in [6, 6.07) is 0.229. The summed E-state index contributed by atoms with van der Waals surface area (Å²) < 4.78 is 26.1. The Morgan fingerprint density at radius 3 is 2.32 bits per heavy atom. The summed E-state index contributed by atoms with van der Waals surface area (Å²) in [4.78, 5) is 0. The van der Waals surface area contributed by atoms with E-state index >= 15 is 0 Å². The van der Waals surface area contributed by atoms with Crippen LogP contribution in [0.5, 0.6) is 0 Å². The fraction of sp³-hybridized carbons (Fsp3) is 1.00. The molecule has 0 bridgehead atoms. The maximum absolute atomic E-state index is 12.2. The molecule has 0 atom stereocenters.